The average Bonchev–Trinajstić information content (AvgIpc) is 2.28. The molecule has 0 bridgehead atoms. The fourth-order valence-corrected chi connectivity index (χ4v) is 2.48. The Hall–Kier alpha value is -0.650. The van der Waals surface area contributed by atoms with E-state index in [1.54, 1.807) is 11.8 Å². The Labute approximate surface area is 105 Å². The van der Waals surface area contributed by atoms with Crippen molar-refractivity contribution in [2.75, 3.05) is 24.0 Å². The van der Waals surface area contributed by atoms with Crippen molar-refractivity contribution in [1.82, 2.24) is 4.90 Å². The smallest absolute Gasteiger partial charge is 0.234 e. The van der Waals surface area contributed by atoms with Gasteiger partial charge in [-0.15, -0.1) is 11.8 Å². The molecule has 3 nitrogen and oxygen atoms in total. The second kappa shape index (κ2) is 5.12. The van der Waals surface area contributed by atoms with Gasteiger partial charge in [-0.2, -0.15) is 12.6 Å². The lowest BCUT2D eigenvalue weighted by atomic mass is 10.2. The number of nitrogens with zero attached hydrogens (tertiary/aromatic N) is 1. The predicted octanol–water partition coefficient (Wildman–Crippen LogP) is 2.05. The van der Waals surface area contributed by atoms with Crippen LogP contribution in [0.25, 0.3) is 0 Å². The van der Waals surface area contributed by atoms with Gasteiger partial charge >= 0.3 is 0 Å². The third kappa shape index (κ3) is 2.72. The lowest BCUT2D eigenvalue weighted by Crippen LogP contribution is -2.19. The first-order valence-corrected chi connectivity index (χ1v) is 6.66. The topological polar surface area (TPSA) is 32.3 Å². The number of nitrogens with one attached hydrogen (secondary N) is 1. The maximum Gasteiger partial charge on any atom is 0.234 e. The molecule has 5 heteroatoms. The number of anilines is 1. The van der Waals surface area contributed by atoms with Crippen LogP contribution in [0.5, 0.6) is 0 Å². The minimum Gasteiger partial charge on any atom is -0.324 e. The molecule has 1 N–H and O–H groups in total. The van der Waals surface area contributed by atoms with Crippen LogP contribution in [0, 0.1) is 0 Å². The minimum absolute atomic E-state index is 0.0807. The zero-order valence-electron chi connectivity index (χ0n) is 9.06. The van der Waals surface area contributed by atoms with Crippen molar-refractivity contribution < 1.29 is 4.79 Å². The molecule has 2 rings (SSSR count). The molecule has 1 heterocycles. The molecule has 0 atom stereocenters. The van der Waals surface area contributed by atoms with Crippen LogP contribution in [0.2, 0.25) is 0 Å². The highest BCUT2D eigenvalue weighted by Crippen LogP contribution is 2.32. The van der Waals surface area contributed by atoms with Crippen molar-refractivity contribution in [2.45, 2.75) is 11.4 Å². The highest BCUT2D eigenvalue weighted by atomic mass is 32.2. The molecule has 1 aliphatic heterocycles. The van der Waals surface area contributed by atoms with Gasteiger partial charge in [0.25, 0.3) is 0 Å². The summed E-state index contributed by atoms with van der Waals surface area (Å²) in [5.74, 6) is 1.32. The molecule has 1 amide bonds. The third-order valence-electron chi connectivity index (χ3n) is 2.37. The third-order valence-corrected chi connectivity index (χ3v) is 3.93. The lowest BCUT2D eigenvalue weighted by molar-refractivity contribution is -0.113. The molecule has 0 aliphatic carbocycles. The van der Waals surface area contributed by atoms with E-state index < -0.39 is 0 Å². The van der Waals surface area contributed by atoms with E-state index in [2.05, 4.69) is 35.0 Å². The maximum absolute atomic E-state index is 11.3. The van der Waals surface area contributed by atoms with Crippen molar-refractivity contribution in [3.63, 3.8) is 0 Å². The number of rotatable bonds is 3. The summed E-state index contributed by atoms with van der Waals surface area (Å²) in [7, 11) is 2.01. The van der Waals surface area contributed by atoms with Crippen LogP contribution in [0.1, 0.15) is 5.56 Å². The van der Waals surface area contributed by atoms with E-state index in [1.807, 2.05) is 13.1 Å². The minimum atomic E-state index is 0.0807. The van der Waals surface area contributed by atoms with E-state index in [4.69, 9.17) is 0 Å². The maximum atomic E-state index is 11.3. The van der Waals surface area contributed by atoms with Crippen LogP contribution in [-0.4, -0.2) is 29.5 Å². The van der Waals surface area contributed by atoms with Crippen molar-refractivity contribution in [1.29, 1.82) is 0 Å². The summed E-state index contributed by atoms with van der Waals surface area (Å²) in [4.78, 5) is 14.5. The average molecular weight is 254 g/mol. The summed E-state index contributed by atoms with van der Waals surface area (Å²) >= 11 is 5.80. The van der Waals surface area contributed by atoms with E-state index in [0.717, 1.165) is 23.0 Å². The molecule has 1 aromatic carbocycles. The second-order valence-electron chi connectivity index (χ2n) is 3.82. The van der Waals surface area contributed by atoms with E-state index in [-0.39, 0.29) is 5.91 Å². The molecule has 0 radical (unpaired) electrons. The van der Waals surface area contributed by atoms with Gasteiger partial charge in [-0.1, -0.05) is 6.07 Å². The number of hydrogen-bond donors (Lipinski definition) is 2. The highest BCUT2D eigenvalue weighted by molar-refractivity contribution is 8.00. The van der Waals surface area contributed by atoms with Crippen LogP contribution in [0.4, 0.5) is 5.69 Å². The highest BCUT2D eigenvalue weighted by Gasteiger charge is 2.15. The van der Waals surface area contributed by atoms with Crippen LogP contribution in [0.3, 0.4) is 0 Å². The van der Waals surface area contributed by atoms with Gasteiger partial charge in [0.2, 0.25) is 5.91 Å². The summed E-state index contributed by atoms with van der Waals surface area (Å²) in [6, 6.07) is 6.21. The second-order valence-corrected chi connectivity index (χ2v) is 5.12. The fraction of sp³-hybridized carbons (Fsp3) is 0.364. The Morgan fingerprint density at radius 1 is 1.56 bits per heavy atom. The molecule has 86 valence electrons. The van der Waals surface area contributed by atoms with Crippen LogP contribution < -0.4 is 5.32 Å². The molecule has 0 saturated carbocycles. The summed E-state index contributed by atoms with van der Waals surface area (Å²) in [6.07, 6.45) is 0. The standard InChI is InChI=1S/C11H14N2OS2/c1-13(7-15)5-8-2-3-10-9(4-8)12-11(14)6-16-10/h2-4,15H,5-7H2,1H3,(H,12,14). The number of fused-ring (bicyclic) bond motifs is 1. The molecule has 0 aromatic heterocycles. The number of amides is 1. The largest absolute Gasteiger partial charge is 0.324 e. The molecule has 0 unspecified atom stereocenters. The van der Waals surface area contributed by atoms with E-state index in [0.29, 0.717) is 5.75 Å². The normalized spacial score (nSPS) is 14.8. The molecular weight excluding hydrogens is 240 g/mol. The van der Waals surface area contributed by atoms with Crippen molar-refractivity contribution in [3.05, 3.63) is 23.8 Å². The first kappa shape index (κ1) is 11.8. The Kier molecular flexibility index (Phi) is 3.78. The zero-order chi connectivity index (χ0) is 11.5. The SMILES string of the molecule is CN(CS)Cc1ccc2c(c1)NC(=O)CS2. The molecule has 1 aromatic rings. The quantitative estimate of drug-likeness (QED) is 0.639. The monoisotopic (exact) mass is 254 g/mol. The molecule has 0 spiro atoms. The number of carbonyl (C=O) groups is 1. The van der Waals surface area contributed by atoms with Gasteiger partial charge in [-0.25, -0.2) is 0 Å². The Bertz CT molecular complexity index is 409. The molecule has 0 fully saturated rings. The number of benzene rings is 1. The fourth-order valence-electron chi connectivity index (χ4n) is 1.59. The Balaban J connectivity index is 2.18. The van der Waals surface area contributed by atoms with Gasteiger partial charge < -0.3 is 5.32 Å². The summed E-state index contributed by atoms with van der Waals surface area (Å²) in [5.41, 5.74) is 2.13. The molecular formula is C11H14N2OS2. The zero-order valence-corrected chi connectivity index (χ0v) is 10.8. The van der Waals surface area contributed by atoms with Crippen LogP contribution in [-0.2, 0) is 11.3 Å². The number of thioether (sulfide) groups is 1. The molecule has 0 saturated heterocycles. The first-order valence-electron chi connectivity index (χ1n) is 5.04. The predicted molar refractivity (Wildman–Crippen MR) is 71.1 cm³/mol. The summed E-state index contributed by atoms with van der Waals surface area (Å²) in [5, 5.41) is 2.89. The van der Waals surface area contributed by atoms with Gasteiger partial charge in [-0.05, 0) is 24.7 Å². The van der Waals surface area contributed by atoms with E-state index in [9.17, 15) is 4.79 Å². The number of carbonyl (C=O) groups excluding carboxylic acids is 1. The van der Waals surface area contributed by atoms with Crippen LogP contribution in [0.15, 0.2) is 23.1 Å². The van der Waals surface area contributed by atoms with E-state index >= 15 is 0 Å². The number of thiol groups is 1. The van der Waals surface area contributed by atoms with Crippen molar-refractivity contribution in [2.24, 2.45) is 0 Å². The van der Waals surface area contributed by atoms with Gasteiger partial charge in [0.05, 0.1) is 11.4 Å². The molecule has 16 heavy (non-hydrogen) atoms. The summed E-state index contributed by atoms with van der Waals surface area (Å²) in [6.45, 7) is 0.845. The van der Waals surface area contributed by atoms with E-state index in [1.165, 1.54) is 5.56 Å². The van der Waals surface area contributed by atoms with Crippen molar-refractivity contribution >= 4 is 36.0 Å². The Morgan fingerprint density at radius 3 is 3.12 bits per heavy atom. The Morgan fingerprint density at radius 2 is 2.38 bits per heavy atom. The number of hydrogen-bond acceptors (Lipinski definition) is 4. The van der Waals surface area contributed by atoms with Gasteiger partial charge in [0.15, 0.2) is 0 Å². The lowest BCUT2D eigenvalue weighted by Gasteiger charge is -2.19. The molecule has 1 aliphatic rings. The van der Waals surface area contributed by atoms with Crippen LogP contribution >= 0.6 is 24.4 Å². The summed E-state index contributed by atoms with van der Waals surface area (Å²) < 4.78 is 0. The van der Waals surface area contributed by atoms with Crippen molar-refractivity contribution in [3.8, 4) is 0 Å². The van der Waals surface area contributed by atoms with Gasteiger partial charge in [0.1, 0.15) is 0 Å². The van der Waals surface area contributed by atoms with Gasteiger partial charge in [0, 0.05) is 17.3 Å². The first-order chi connectivity index (χ1) is 7.69. The van der Waals surface area contributed by atoms with Gasteiger partial charge in [-0.3, -0.25) is 9.69 Å².